The maximum atomic E-state index is 12.2. The number of rotatable bonds is 7. The fourth-order valence-electron chi connectivity index (χ4n) is 2.32. The topological polar surface area (TPSA) is 111 Å². The van der Waals surface area contributed by atoms with Crippen molar-refractivity contribution in [2.45, 2.75) is 6.42 Å². The number of para-hydroxylation sites is 1. The first kappa shape index (κ1) is 19.6. The van der Waals surface area contributed by atoms with Crippen molar-refractivity contribution in [1.29, 1.82) is 0 Å². The van der Waals surface area contributed by atoms with Crippen LogP contribution in [0.5, 0.6) is 5.75 Å². The zero-order chi connectivity index (χ0) is 19.1. The minimum atomic E-state index is -0.517. The van der Waals surface area contributed by atoms with Crippen molar-refractivity contribution in [2.75, 3.05) is 25.9 Å². The van der Waals surface area contributed by atoms with Crippen LogP contribution in [0.1, 0.15) is 15.9 Å². The number of hydrogen-bond acceptors (Lipinski definition) is 5. The van der Waals surface area contributed by atoms with Crippen molar-refractivity contribution < 1.29 is 14.3 Å². The van der Waals surface area contributed by atoms with E-state index in [1.807, 2.05) is 6.07 Å². The number of ether oxygens (including phenoxy) is 1. The van der Waals surface area contributed by atoms with Crippen LogP contribution in [0.15, 0.2) is 42.5 Å². The van der Waals surface area contributed by atoms with Gasteiger partial charge >= 0.3 is 0 Å². The van der Waals surface area contributed by atoms with E-state index in [2.05, 4.69) is 5.32 Å². The fourth-order valence-corrected chi connectivity index (χ4v) is 2.59. The van der Waals surface area contributed by atoms with Gasteiger partial charge in [-0.1, -0.05) is 29.8 Å². The summed E-state index contributed by atoms with van der Waals surface area (Å²) in [4.78, 5) is 24.2. The largest absolute Gasteiger partial charge is 0.497 e. The molecule has 0 fully saturated rings. The van der Waals surface area contributed by atoms with Gasteiger partial charge in [-0.3, -0.25) is 14.6 Å². The van der Waals surface area contributed by atoms with Crippen LogP contribution in [0, 0.1) is 0 Å². The van der Waals surface area contributed by atoms with Gasteiger partial charge in [0.05, 0.1) is 12.7 Å². The Morgan fingerprint density at radius 3 is 2.62 bits per heavy atom. The molecule has 7 nitrogen and oxygen atoms in total. The van der Waals surface area contributed by atoms with Gasteiger partial charge in [0.25, 0.3) is 5.91 Å². The molecule has 8 heteroatoms. The van der Waals surface area contributed by atoms with Gasteiger partial charge < -0.3 is 15.8 Å². The van der Waals surface area contributed by atoms with Gasteiger partial charge in [0.1, 0.15) is 12.3 Å². The molecule has 0 spiro atoms. The molecule has 2 amide bonds. The van der Waals surface area contributed by atoms with Crippen LogP contribution in [-0.4, -0.2) is 37.0 Å². The van der Waals surface area contributed by atoms with Crippen molar-refractivity contribution in [3.05, 3.63) is 58.6 Å². The van der Waals surface area contributed by atoms with Crippen LogP contribution in [-0.2, 0) is 11.2 Å². The highest BCUT2D eigenvalue weighted by molar-refractivity contribution is 6.31. The zero-order valence-electron chi connectivity index (χ0n) is 14.4. The Morgan fingerprint density at radius 1 is 1.23 bits per heavy atom. The molecule has 0 heterocycles. The second-order valence-electron chi connectivity index (χ2n) is 5.58. The lowest BCUT2D eigenvalue weighted by atomic mass is 10.1. The number of hydrazine groups is 1. The summed E-state index contributed by atoms with van der Waals surface area (Å²) in [6.45, 7) is 0.0872. The van der Waals surface area contributed by atoms with Crippen molar-refractivity contribution in [2.24, 2.45) is 5.84 Å². The average molecular weight is 377 g/mol. The molecule has 26 heavy (non-hydrogen) atoms. The normalized spacial score (nSPS) is 10.3. The number of nitrogen functional groups attached to an aromatic ring is 1. The minimum Gasteiger partial charge on any atom is -0.497 e. The number of methoxy groups -OCH3 is 1. The molecule has 138 valence electrons. The number of nitrogens with two attached hydrogens (primary N) is 2. The van der Waals surface area contributed by atoms with Gasteiger partial charge in [-0.05, 0) is 36.2 Å². The molecule has 0 aliphatic carbocycles. The number of nitrogens with one attached hydrogen (secondary N) is 1. The summed E-state index contributed by atoms with van der Waals surface area (Å²) < 4.78 is 5.09. The van der Waals surface area contributed by atoms with Gasteiger partial charge in [-0.15, -0.1) is 0 Å². The van der Waals surface area contributed by atoms with Crippen molar-refractivity contribution in [3.8, 4) is 5.75 Å². The van der Waals surface area contributed by atoms with Crippen LogP contribution in [0.25, 0.3) is 0 Å². The number of nitrogens with zero attached hydrogens (tertiary/aromatic N) is 1. The number of halogens is 1. The number of amides is 2. The van der Waals surface area contributed by atoms with E-state index in [4.69, 9.17) is 27.9 Å². The molecular formula is C18H21ClN4O3. The summed E-state index contributed by atoms with van der Waals surface area (Å²) in [5.74, 6) is 5.47. The van der Waals surface area contributed by atoms with Crippen LogP contribution in [0.2, 0.25) is 5.02 Å². The number of hydrogen-bond donors (Lipinski definition) is 3. The molecular weight excluding hydrogens is 356 g/mol. The monoisotopic (exact) mass is 376 g/mol. The van der Waals surface area contributed by atoms with E-state index in [0.29, 0.717) is 29.4 Å². The Balaban J connectivity index is 1.83. The number of carbonyl (C=O) groups excluding carboxylic acids is 2. The van der Waals surface area contributed by atoms with E-state index >= 15 is 0 Å². The summed E-state index contributed by atoms with van der Waals surface area (Å²) >= 11 is 6.15. The van der Waals surface area contributed by atoms with Gasteiger partial charge in [-0.25, -0.2) is 5.84 Å². The second kappa shape index (κ2) is 9.07. The molecule has 2 aromatic rings. The standard InChI is InChI=1S/C18H21ClN4O3/c1-26-13-7-6-12(15(19)10-13)8-9-22-17(24)11-23(21)18(25)14-4-2-3-5-16(14)20/h2-7,10H,8-9,11,20-21H2,1H3,(H,22,24). The van der Waals surface area contributed by atoms with Gasteiger partial charge in [0, 0.05) is 17.3 Å². The lowest BCUT2D eigenvalue weighted by Gasteiger charge is -2.17. The molecule has 0 aliphatic rings. The Morgan fingerprint density at radius 2 is 1.96 bits per heavy atom. The first-order chi connectivity index (χ1) is 12.4. The summed E-state index contributed by atoms with van der Waals surface area (Å²) in [6.07, 6.45) is 0.540. The molecule has 0 radical (unpaired) electrons. The number of anilines is 1. The SMILES string of the molecule is COc1ccc(CCNC(=O)CN(N)C(=O)c2ccccc2N)c(Cl)c1. The molecule has 2 aromatic carbocycles. The molecule has 0 aliphatic heterocycles. The molecule has 0 bridgehead atoms. The third-order valence-corrected chi connectivity index (χ3v) is 4.09. The molecule has 5 N–H and O–H groups in total. The van der Waals surface area contributed by atoms with Gasteiger partial charge in [0.2, 0.25) is 5.91 Å². The van der Waals surface area contributed by atoms with E-state index in [1.54, 1.807) is 43.5 Å². The van der Waals surface area contributed by atoms with E-state index in [0.717, 1.165) is 10.6 Å². The maximum Gasteiger partial charge on any atom is 0.270 e. The summed E-state index contributed by atoms with van der Waals surface area (Å²) in [5.41, 5.74) is 7.19. The van der Waals surface area contributed by atoms with Crippen LogP contribution in [0.4, 0.5) is 5.69 Å². The van der Waals surface area contributed by atoms with Crippen molar-refractivity contribution >= 4 is 29.1 Å². The van der Waals surface area contributed by atoms with Gasteiger partial charge in [-0.2, -0.15) is 0 Å². The van der Waals surface area contributed by atoms with Crippen molar-refractivity contribution in [3.63, 3.8) is 0 Å². The Hall–Kier alpha value is -2.77. The van der Waals surface area contributed by atoms with Crippen molar-refractivity contribution in [1.82, 2.24) is 10.3 Å². The van der Waals surface area contributed by atoms with E-state index in [1.165, 1.54) is 0 Å². The fraction of sp³-hybridized carbons (Fsp3) is 0.222. The van der Waals surface area contributed by atoms with Crippen LogP contribution >= 0.6 is 11.6 Å². The molecule has 0 atom stereocenters. The lowest BCUT2D eigenvalue weighted by Crippen LogP contribution is -2.45. The summed E-state index contributed by atoms with van der Waals surface area (Å²) in [7, 11) is 1.56. The van der Waals surface area contributed by atoms with Crippen LogP contribution in [0.3, 0.4) is 0 Å². The third-order valence-electron chi connectivity index (χ3n) is 3.74. The predicted molar refractivity (Wildman–Crippen MR) is 101 cm³/mol. The molecule has 0 aromatic heterocycles. The van der Waals surface area contributed by atoms with Crippen LogP contribution < -0.4 is 21.6 Å². The molecule has 0 saturated heterocycles. The quantitative estimate of drug-likeness (QED) is 0.294. The third kappa shape index (κ3) is 5.11. The molecule has 2 rings (SSSR count). The Bertz CT molecular complexity index is 798. The predicted octanol–water partition coefficient (Wildman–Crippen LogP) is 1.61. The lowest BCUT2D eigenvalue weighted by molar-refractivity contribution is -0.121. The molecule has 0 unspecified atom stereocenters. The van der Waals surface area contributed by atoms with E-state index in [-0.39, 0.29) is 18.0 Å². The highest BCUT2D eigenvalue weighted by Gasteiger charge is 2.17. The van der Waals surface area contributed by atoms with E-state index < -0.39 is 5.91 Å². The van der Waals surface area contributed by atoms with E-state index in [9.17, 15) is 9.59 Å². The van der Waals surface area contributed by atoms with Gasteiger partial charge in [0.15, 0.2) is 0 Å². The average Bonchev–Trinajstić information content (AvgIpc) is 2.62. The maximum absolute atomic E-state index is 12.2. The highest BCUT2D eigenvalue weighted by Crippen LogP contribution is 2.22. The zero-order valence-corrected chi connectivity index (χ0v) is 15.1. The number of carbonyl (C=O) groups is 2. The minimum absolute atomic E-state index is 0.257. The Kier molecular flexibility index (Phi) is 6.82. The first-order valence-electron chi connectivity index (χ1n) is 7.92. The second-order valence-corrected chi connectivity index (χ2v) is 5.98. The summed E-state index contributed by atoms with van der Waals surface area (Å²) in [6, 6.07) is 11.9. The molecule has 0 saturated carbocycles. The highest BCUT2D eigenvalue weighted by atomic mass is 35.5. The number of benzene rings is 2. The summed E-state index contributed by atoms with van der Waals surface area (Å²) in [5, 5.41) is 4.10. The Labute approximate surface area is 156 Å². The smallest absolute Gasteiger partial charge is 0.270 e. The first-order valence-corrected chi connectivity index (χ1v) is 8.30.